The van der Waals surface area contributed by atoms with Gasteiger partial charge in [0.2, 0.25) is 0 Å². The Hall–Kier alpha value is -1.06. The topological polar surface area (TPSA) is 49.5 Å². The van der Waals surface area contributed by atoms with Gasteiger partial charge in [0.1, 0.15) is 0 Å². The number of piperidine rings is 1. The second kappa shape index (κ2) is 5.07. The van der Waals surface area contributed by atoms with Crippen molar-refractivity contribution < 1.29 is 5.11 Å². The monoisotopic (exact) mass is 234 g/mol. The Balaban J connectivity index is 1.78. The fourth-order valence-corrected chi connectivity index (χ4v) is 2.23. The molecular formula is C14H22N2O. The van der Waals surface area contributed by atoms with E-state index >= 15 is 0 Å². The molecule has 1 aliphatic rings. The average molecular weight is 234 g/mol. The molecule has 1 aromatic rings. The number of anilines is 1. The Kier molecular flexibility index (Phi) is 3.69. The van der Waals surface area contributed by atoms with Crippen LogP contribution in [0.15, 0.2) is 24.3 Å². The van der Waals surface area contributed by atoms with Crippen molar-refractivity contribution in [1.29, 1.82) is 0 Å². The number of hydrogen-bond acceptors (Lipinski definition) is 3. The molecule has 1 aromatic carbocycles. The highest BCUT2D eigenvalue weighted by molar-refractivity contribution is 5.39. The molecule has 1 aliphatic heterocycles. The fraction of sp³-hybridized carbons (Fsp3) is 0.571. The molecule has 1 heterocycles. The van der Waals surface area contributed by atoms with Gasteiger partial charge in [-0.15, -0.1) is 0 Å². The lowest BCUT2D eigenvalue weighted by Gasteiger charge is -2.35. The molecule has 0 radical (unpaired) electrons. The minimum Gasteiger partial charge on any atom is -0.399 e. The molecule has 0 aromatic heterocycles. The number of nitrogens with two attached hydrogens (primary N) is 1. The van der Waals surface area contributed by atoms with E-state index in [9.17, 15) is 5.11 Å². The van der Waals surface area contributed by atoms with E-state index in [2.05, 4.69) is 17.0 Å². The Bertz CT molecular complexity index is 349. The molecule has 0 atom stereocenters. The number of aliphatic hydroxyl groups is 1. The van der Waals surface area contributed by atoms with Crippen molar-refractivity contribution >= 4 is 5.69 Å². The summed E-state index contributed by atoms with van der Waals surface area (Å²) in [5.41, 5.74) is 7.36. The van der Waals surface area contributed by atoms with Gasteiger partial charge in [-0.25, -0.2) is 0 Å². The molecule has 0 spiro atoms. The summed E-state index contributed by atoms with van der Waals surface area (Å²) in [6.07, 6.45) is 2.83. The van der Waals surface area contributed by atoms with Crippen molar-refractivity contribution in [3.63, 3.8) is 0 Å². The van der Waals surface area contributed by atoms with Gasteiger partial charge in [0.15, 0.2) is 0 Å². The molecule has 94 valence electrons. The summed E-state index contributed by atoms with van der Waals surface area (Å²) < 4.78 is 0. The van der Waals surface area contributed by atoms with Crippen LogP contribution in [0.3, 0.4) is 0 Å². The standard InChI is InChI=1S/C14H22N2O/c1-14(17)7-10-16(11-8-14)9-6-12-2-4-13(15)5-3-12/h2-5,17H,6-11,15H2,1H3. The first-order chi connectivity index (χ1) is 8.05. The van der Waals surface area contributed by atoms with E-state index in [0.717, 1.165) is 44.6 Å². The molecule has 1 saturated heterocycles. The molecule has 0 aliphatic carbocycles. The third kappa shape index (κ3) is 3.72. The molecular weight excluding hydrogens is 212 g/mol. The largest absolute Gasteiger partial charge is 0.399 e. The maximum Gasteiger partial charge on any atom is 0.0644 e. The van der Waals surface area contributed by atoms with Crippen molar-refractivity contribution in [1.82, 2.24) is 4.90 Å². The normalized spacial score (nSPS) is 20.4. The Morgan fingerprint density at radius 1 is 1.24 bits per heavy atom. The van der Waals surface area contributed by atoms with Crippen LogP contribution < -0.4 is 5.73 Å². The first-order valence-corrected chi connectivity index (χ1v) is 6.34. The summed E-state index contributed by atoms with van der Waals surface area (Å²) in [4.78, 5) is 2.42. The molecule has 3 nitrogen and oxygen atoms in total. The number of likely N-dealkylation sites (tertiary alicyclic amines) is 1. The van der Waals surface area contributed by atoms with Crippen LogP contribution >= 0.6 is 0 Å². The van der Waals surface area contributed by atoms with Crippen molar-refractivity contribution in [2.24, 2.45) is 0 Å². The highest BCUT2D eigenvalue weighted by atomic mass is 16.3. The van der Waals surface area contributed by atoms with Gasteiger partial charge in [0.25, 0.3) is 0 Å². The molecule has 0 unspecified atom stereocenters. The molecule has 3 heteroatoms. The summed E-state index contributed by atoms with van der Waals surface area (Å²) in [6.45, 7) is 5.01. The van der Waals surface area contributed by atoms with Crippen LogP contribution in [0.2, 0.25) is 0 Å². The molecule has 3 N–H and O–H groups in total. The third-order valence-corrected chi connectivity index (χ3v) is 3.63. The van der Waals surface area contributed by atoms with Crippen LogP contribution in [-0.2, 0) is 6.42 Å². The number of rotatable bonds is 3. The second-order valence-corrected chi connectivity index (χ2v) is 5.33. The number of nitrogens with zero attached hydrogens (tertiary/aromatic N) is 1. The van der Waals surface area contributed by atoms with Gasteiger partial charge in [-0.3, -0.25) is 0 Å². The lowest BCUT2D eigenvalue weighted by molar-refractivity contribution is -0.00491. The Labute approximate surface area is 103 Å². The summed E-state index contributed by atoms with van der Waals surface area (Å²) in [6, 6.07) is 8.09. The molecule has 17 heavy (non-hydrogen) atoms. The first-order valence-electron chi connectivity index (χ1n) is 6.34. The average Bonchev–Trinajstić information content (AvgIpc) is 2.30. The van der Waals surface area contributed by atoms with Crippen molar-refractivity contribution in [3.05, 3.63) is 29.8 Å². The predicted octanol–water partition coefficient (Wildman–Crippen LogP) is 1.66. The summed E-state index contributed by atoms with van der Waals surface area (Å²) in [7, 11) is 0. The molecule has 1 fully saturated rings. The van der Waals surface area contributed by atoms with Crippen LogP contribution in [0.5, 0.6) is 0 Å². The fourth-order valence-electron chi connectivity index (χ4n) is 2.23. The van der Waals surface area contributed by atoms with E-state index in [0.29, 0.717) is 0 Å². The Morgan fingerprint density at radius 2 is 1.82 bits per heavy atom. The maximum atomic E-state index is 9.87. The smallest absolute Gasteiger partial charge is 0.0644 e. The van der Waals surface area contributed by atoms with Gasteiger partial charge in [-0.05, 0) is 43.9 Å². The van der Waals surface area contributed by atoms with Crippen LogP contribution in [-0.4, -0.2) is 35.2 Å². The summed E-state index contributed by atoms with van der Waals surface area (Å²) >= 11 is 0. The van der Waals surface area contributed by atoms with E-state index < -0.39 is 5.60 Å². The minimum atomic E-state index is -0.447. The van der Waals surface area contributed by atoms with Gasteiger partial charge in [-0.2, -0.15) is 0 Å². The zero-order valence-electron chi connectivity index (χ0n) is 10.5. The minimum absolute atomic E-state index is 0.447. The van der Waals surface area contributed by atoms with Crippen LogP contribution in [0.1, 0.15) is 25.3 Å². The van der Waals surface area contributed by atoms with Crippen LogP contribution in [0.25, 0.3) is 0 Å². The van der Waals surface area contributed by atoms with Gasteiger partial charge in [0, 0.05) is 25.3 Å². The van der Waals surface area contributed by atoms with Gasteiger partial charge >= 0.3 is 0 Å². The zero-order valence-corrected chi connectivity index (χ0v) is 10.5. The first kappa shape index (κ1) is 12.4. The van der Waals surface area contributed by atoms with Crippen LogP contribution in [0, 0.1) is 0 Å². The second-order valence-electron chi connectivity index (χ2n) is 5.33. The van der Waals surface area contributed by atoms with Crippen molar-refractivity contribution in [2.45, 2.75) is 31.8 Å². The lowest BCUT2D eigenvalue weighted by atomic mass is 9.93. The van der Waals surface area contributed by atoms with Crippen LogP contribution in [0.4, 0.5) is 5.69 Å². The van der Waals surface area contributed by atoms with E-state index in [1.165, 1.54) is 5.56 Å². The SMILES string of the molecule is CC1(O)CCN(CCc2ccc(N)cc2)CC1. The third-order valence-electron chi connectivity index (χ3n) is 3.63. The molecule has 0 amide bonds. The maximum absolute atomic E-state index is 9.87. The van der Waals surface area contributed by atoms with Gasteiger partial charge < -0.3 is 15.7 Å². The van der Waals surface area contributed by atoms with E-state index in [1.807, 2.05) is 19.1 Å². The predicted molar refractivity (Wildman–Crippen MR) is 70.9 cm³/mol. The number of hydrogen-bond donors (Lipinski definition) is 2. The molecule has 0 saturated carbocycles. The lowest BCUT2D eigenvalue weighted by Crippen LogP contribution is -2.43. The Morgan fingerprint density at radius 3 is 2.41 bits per heavy atom. The van der Waals surface area contributed by atoms with E-state index in [4.69, 9.17) is 5.73 Å². The van der Waals surface area contributed by atoms with Gasteiger partial charge in [0.05, 0.1) is 5.60 Å². The quantitative estimate of drug-likeness (QED) is 0.782. The number of nitrogen functional groups attached to an aromatic ring is 1. The highest BCUT2D eigenvalue weighted by Gasteiger charge is 2.26. The van der Waals surface area contributed by atoms with Gasteiger partial charge in [-0.1, -0.05) is 12.1 Å². The van der Waals surface area contributed by atoms with E-state index in [1.54, 1.807) is 0 Å². The molecule has 2 rings (SSSR count). The number of benzene rings is 1. The van der Waals surface area contributed by atoms with Crippen molar-refractivity contribution in [2.75, 3.05) is 25.4 Å². The summed E-state index contributed by atoms with van der Waals surface area (Å²) in [5, 5.41) is 9.87. The zero-order chi connectivity index (χ0) is 12.3. The summed E-state index contributed by atoms with van der Waals surface area (Å²) in [5.74, 6) is 0. The van der Waals surface area contributed by atoms with Crippen molar-refractivity contribution in [3.8, 4) is 0 Å². The molecule has 0 bridgehead atoms. The highest BCUT2D eigenvalue weighted by Crippen LogP contribution is 2.21. The van der Waals surface area contributed by atoms with E-state index in [-0.39, 0.29) is 0 Å².